The number of benzene rings is 1. The SMILES string of the molecule is CCCCCC(C)NC(=O)CSc1nnc(-c2ccc(Cl)cc2)n1Cc1ccco1. The van der Waals surface area contributed by atoms with Crippen LogP contribution >= 0.6 is 23.4 Å². The van der Waals surface area contributed by atoms with Crippen LogP contribution in [0.4, 0.5) is 0 Å². The van der Waals surface area contributed by atoms with E-state index in [2.05, 4.69) is 29.4 Å². The van der Waals surface area contributed by atoms with Crippen LogP contribution in [0, 0.1) is 0 Å². The molecule has 8 heteroatoms. The van der Waals surface area contributed by atoms with Crippen LogP contribution in [0.25, 0.3) is 11.4 Å². The molecule has 0 radical (unpaired) electrons. The molecule has 0 saturated heterocycles. The van der Waals surface area contributed by atoms with Crippen molar-refractivity contribution in [1.29, 1.82) is 0 Å². The highest BCUT2D eigenvalue weighted by Crippen LogP contribution is 2.26. The minimum atomic E-state index is 0.00425. The third kappa shape index (κ3) is 6.37. The summed E-state index contributed by atoms with van der Waals surface area (Å²) in [7, 11) is 0. The first-order chi connectivity index (χ1) is 14.6. The summed E-state index contributed by atoms with van der Waals surface area (Å²) in [5.41, 5.74) is 0.902. The van der Waals surface area contributed by atoms with Gasteiger partial charge in [-0.1, -0.05) is 49.5 Å². The van der Waals surface area contributed by atoms with Crippen molar-refractivity contribution in [2.45, 2.75) is 57.3 Å². The van der Waals surface area contributed by atoms with Gasteiger partial charge < -0.3 is 9.73 Å². The number of thioether (sulfide) groups is 1. The largest absolute Gasteiger partial charge is 0.467 e. The highest BCUT2D eigenvalue weighted by atomic mass is 35.5. The van der Waals surface area contributed by atoms with E-state index in [1.54, 1.807) is 6.26 Å². The van der Waals surface area contributed by atoms with E-state index >= 15 is 0 Å². The Kier molecular flexibility index (Phi) is 8.39. The Morgan fingerprint density at radius 2 is 2.03 bits per heavy atom. The molecule has 2 aromatic heterocycles. The van der Waals surface area contributed by atoms with Crippen LogP contribution in [0.15, 0.2) is 52.2 Å². The van der Waals surface area contributed by atoms with Crippen LogP contribution in [0.2, 0.25) is 5.02 Å². The molecule has 160 valence electrons. The molecule has 0 spiro atoms. The Labute approximate surface area is 186 Å². The van der Waals surface area contributed by atoms with Gasteiger partial charge in [-0.25, -0.2) is 0 Å². The minimum absolute atomic E-state index is 0.00425. The van der Waals surface area contributed by atoms with Crippen LogP contribution < -0.4 is 5.32 Å². The minimum Gasteiger partial charge on any atom is -0.467 e. The van der Waals surface area contributed by atoms with E-state index < -0.39 is 0 Å². The van der Waals surface area contributed by atoms with Crippen molar-refractivity contribution in [2.24, 2.45) is 0 Å². The zero-order valence-electron chi connectivity index (χ0n) is 17.3. The summed E-state index contributed by atoms with van der Waals surface area (Å²) in [6.45, 7) is 4.71. The zero-order valence-corrected chi connectivity index (χ0v) is 18.9. The monoisotopic (exact) mass is 446 g/mol. The molecule has 1 amide bonds. The quantitative estimate of drug-likeness (QED) is 0.314. The molecule has 6 nitrogen and oxygen atoms in total. The number of carbonyl (C=O) groups excluding carboxylic acids is 1. The lowest BCUT2D eigenvalue weighted by molar-refractivity contribution is -0.119. The van der Waals surface area contributed by atoms with Crippen molar-refractivity contribution < 1.29 is 9.21 Å². The number of halogens is 1. The third-order valence-electron chi connectivity index (χ3n) is 4.69. The Morgan fingerprint density at radius 1 is 1.23 bits per heavy atom. The molecule has 1 N–H and O–H groups in total. The molecule has 0 bridgehead atoms. The third-order valence-corrected chi connectivity index (χ3v) is 5.91. The summed E-state index contributed by atoms with van der Waals surface area (Å²) < 4.78 is 7.47. The predicted molar refractivity (Wildman–Crippen MR) is 121 cm³/mol. The maximum Gasteiger partial charge on any atom is 0.230 e. The molecule has 2 heterocycles. The van der Waals surface area contributed by atoms with Gasteiger partial charge in [0.1, 0.15) is 5.76 Å². The number of rotatable bonds is 11. The van der Waals surface area contributed by atoms with Crippen molar-refractivity contribution in [1.82, 2.24) is 20.1 Å². The fourth-order valence-electron chi connectivity index (χ4n) is 3.13. The molecule has 0 saturated carbocycles. The number of aromatic nitrogens is 3. The molecule has 1 aromatic carbocycles. The molecule has 1 atom stereocenters. The highest BCUT2D eigenvalue weighted by Gasteiger charge is 2.17. The van der Waals surface area contributed by atoms with Crippen molar-refractivity contribution in [3.8, 4) is 11.4 Å². The van der Waals surface area contributed by atoms with Crippen LogP contribution in [-0.4, -0.2) is 32.5 Å². The van der Waals surface area contributed by atoms with Crippen LogP contribution in [0.5, 0.6) is 0 Å². The Balaban J connectivity index is 1.69. The van der Waals surface area contributed by atoms with Crippen LogP contribution in [-0.2, 0) is 11.3 Å². The predicted octanol–water partition coefficient (Wildman–Crippen LogP) is 5.42. The number of nitrogens with zero attached hydrogens (tertiary/aromatic N) is 3. The van der Waals surface area contributed by atoms with Gasteiger partial charge in [-0.05, 0) is 49.7 Å². The van der Waals surface area contributed by atoms with Gasteiger partial charge in [-0.15, -0.1) is 10.2 Å². The molecule has 0 aliphatic rings. The molecule has 1 unspecified atom stereocenters. The van der Waals surface area contributed by atoms with Crippen molar-refractivity contribution >= 4 is 29.3 Å². The summed E-state index contributed by atoms with van der Waals surface area (Å²) in [6, 6.07) is 11.4. The molecule has 3 rings (SSSR count). The van der Waals surface area contributed by atoms with Gasteiger partial charge >= 0.3 is 0 Å². The number of carbonyl (C=O) groups is 1. The molecule has 0 aliphatic carbocycles. The average molecular weight is 447 g/mol. The fourth-order valence-corrected chi connectivity index (χ4v) is 4.00. The first-order valence-corrected chi connectivity index (χ1v) is 11.6. The van der Waals surface area contributed by atoms with E-state index in [-0.39, 0.29) is 17.7 Å². The van der Waals surface area contributed by atoms with E-state index in [4.69, 9.17) is 16.0 Å². The van der Waals surface area contributed by atoms with Gasteiger partial charge in [0.05, 0.1) is 18.6 Å². The normalized spacial score (nSPS) is 12.1. The lowest BCUT2D eigenvalue weighted by Gasteiger charge is -2.13. The number of amides is 1. The van der Waals surface area contributed by atoms with Gasteiger partial charge in [0.2, 0.25) is 5.91 Å². The van der Waals surface area contributed by atoms with E-state index in [0.717, 1.165) is 24.2 Å². The summed E-state index contributed by atoms with van der Waals surface area (Å²) in [4.78, 5) is 12.4. The van der Waals surface area contributed by atoms with E-state index in [1.165, 1.54) is 24.6 Å². The molecule has 0 aliphatic heterocycles. The van der Waals surface area contributed by atoms with Crippen LogP contribution in [0.1, 0.15) is 45.3 Å². The average Bonchev–Trinajstić information content (AvgIpc) is 3.38. The maximum absolute atomic E-state index is 12.4. The van der Waals surface area contributed by atoms with E-state index in [9.17, 15) is 4.79 Å². The standard InChI is InChI=1S/C22H27ClN4O2S/c1-3-4-5-7-16(2)24-20(28)15-30-22-26-25-21(17-9-11-18(23)12-10-17)27(22)14-19-8-6-13-29-19/h6,8-13,16H,3-5,7,14-15H2,1-2H3,(H,24,28). The molecule has 0 fully saturated rings. The van der Waals surface area contributed by atoms with Gasteiger partial charge in [0, 0.05) is 16.6 Å². The second kappa shape index (κ2) is 11.2. The number of unbranched alkanes of at least 4 members (excludes halogenated alkanes) is 2. The second-order valence-electron chi connectivity index (χ2n) is 7.23. The Hall–Kier alpha value is -2.25. The maximum atomic E-state index is 12.4. The van der Waals surface area contributed by atoms with E-state index in [0.29, 0.717) is 22.5 Å². The first kappa shape index (κ1) is 22.4. The molecular weight excluding hydrogens is 420 g/mol. The molecule has 3 aromatic rings. The smallest absolute Gasteiger partial charge is 0.230 e. The summed E-state index contributed by atoms with van der Waals surface area (Å²) >= 11 is 7.39. The van der Waals surface area contributed by atoms with E-state index in [1.807, 2.05) is 41.0 Å². The second-order valence-corrected chi connectivity index (χ2v) is 8.61. The van der Waals surface area contributed by atoms with Gasteiger partial charge in [0.15, 0.2) is 11.0 Å². The zero-order chi connectivity index (χ0) is 21.3. The summed E-state index contributed by atoms with van der Waals surface area (Å²) in [5, 5.41) is 13.1. The van der Waals surface area contributed by atoms with Gasteiger partial charge in [0.25, 0.3) is 0 Å². The fraction of sp³-hybridized carbons (Fsp3) is 0.409. The number of hydrogen-bond donors (Lipinski definition) is 1. The Bertz CT molecular complexity index is 925. The first-order valence-electron chi connectivity index (χ1n) is 10.2. The molecular formula is C22H27ClN4O2S. The van der Waals surface area contributed by atoms with Crippen molar-refractivity contribution in [3.63, 3.8) is 0 Å². The summed E-state index contributed by atoms with van der Waals surface area (Å²) in [5.74, 6) is 1.79. The number of hydrogen-bond acceptors (Lipinski definition) is 5. The Morgan fingerprint density at radius 3 is 2.73 bits per heavy atom. The lowest BCUT2D eigenvalue weighted by Crippen LogP contribution is -2.33. The number of furan rings is 1. The highest BCUT2D eigenvalue weighted by molar-refractivity contribution is 7.99. The van der Waals surface area contributed by atoms with Crippen molar-refractivity contribution in [3.05, 3.63) is 53.4 Å². The van der Waals surface area contributed by atoms with Gasteiger partial charge in [-0.3, -0.25) is 9.36 Å². The molecule has 30 heavy (non-hydrogen) atoms. The number of nitrogens with one attached hydrogen (secondary N) is 1. The van der Waals surface area contributed by atoms with Crippen LogP contribution in [0.3, 0.4) is 0 Å². The summed E-state index contributed by atoms with van der Waals surface area (Å²) in [6.07, 6.45) is 6.14. The topological polar surface area (TPSA) is 73.0 Å². The van der Waals surface area contributed by atoms with Crippen molar-refractivity contribution in [2.75, 3.05) is 5.75 Å². The van der Waals surface area contributed by atoms with Gasteiger partial charge in [-0.2, -0.15) is 0 Å². The lowest BCUT2D eigenvalue weighted by atomic mass is 10.1.